The fourth-order valence-corrected chi connectivity index (χ4v) is 2.72. The molecule has 1 aromatic heterocycles. The molecule has 3 rings (SSSR count). The van der Waals surface area contributed by atoms with Crippen molar-refractivity contribution in [2.75, 3.05) is 12.3 Å². The summed E-state index contributed by atoms with van der Waals surface area (Å²) in [7, 11) is 0. The summed E-state index contributed by atoms with van der Waals surface area (Å²) in [5, 5.41) is 1.29. The minimum atomic E-state index is 0.655. The molecule has 0 aliphatic heterocycles. The molecule has 3 nitrogen and oxygen atoms in total. The van der Waals surface area contributed by atoms with Gasteiger partial charge in [0, 0.05) is 28.4 Å². The highest BCUT2D eigenvalue weighted by molar-refractivity contribution is 5.83. The Morgan fingerprint density at radius 1 is 1.14 bits per heavy atom. The summed E-state index contributed by atoms with van der Waals surface area (Å²) in [4.78, 5) is 0. The van der Waals surface area contributed by atoms with E-state index in [1.807, 2.05) is 25.1 Å². The quantitative estimate of drug-likeness (QED) is 0.734. The fraction of sp³-hybridized carbons (Fsp3) is 0.222. The molecule has 0 spiro atoms. The Morgan fingerprint density at radius 3 is 2.81 bits per heavy atom. The summed E-state index contributed by atoms with van der Waals surface area (Å²) in [6.45, 7) is 5.54. The van der Waals surface area contributed by atoms with Crippen LogP contribution < -0.4 is 10.5 Å². The van der Waals surface area contributed by atoms with Gasteiger partial charge in [-0.15, -0.1) is 0 Å². The molecule has 21 heavy (non-hydrogen) atoms. The first-order valence-corrected chi connectivity index (χ1v) is 7.24. The molecule has 0 aliphatic carbocycles. The molecule has 0 atom stereocenters. The van der Waals surface area contributed by atoms with Crippen molar-refractivity contribution < 1.29 is 4.74 Å². The SMILES string of the molecule is CCOc1ccc(N)cc1Cn1ccc2c(C)cccc21. The Balaban J connectivity index is 2.02. The second kappa shape index (κ2) is 5.52. The number of rotatable bonds is 4. The number of nitrogens with zero attached hydrogens (tertiary/aromatic N) is 1. The lowest BCUT2D eigenvalue weighted by Gasteiger charge is -2.13. The van der Waals surface area contributed by atoms with Gasteiger partial charge in [0.2, 0.25) is 0 Å². The van der Waals surface area contributed by atoms with Crippen LogP contribution in [0.15, 0.2) is 48.7 Å². The van der Waals surface area contributed by atoms with E-state index in [0.717, 1.165) is 23.5 Å². The van der Waals surface area contributed by atoms with E-state index in [0.29, 0.717) is 6.61 Å². The highest BCUT2D eigenvalue weighted by atomic mass is 16.5. The van der Waals surface area contributed by atoms with Crippen molar-refractivity contribution in [2.45, 2.75) is 20.4 Å². The molecule has 3 heteroatoms. The summed E-state index contributed by atoms with van der Waals surface area (Å²) >= 11 is 0. The first kappa shape index (κ1) is 13.6. The molecule has 0 amide bonds. The van der Waals surface area contributed by atoms with Crippen LogP contribution in [0.3, 0.4) is 0 Å². The van der Waals surface area contributed by atoms with E-state index in [1.54, 1.807) is 0 Å². The highest BCUT2D eigenvalue weighted by Crippen LogP contribution is 2.26. The van der Waals surface area contributed by atoms with Crippen LogP contribution >= 0.6 is 0 Å². The Labute approximate surface area is 125 Å². The van der Waals surface area contributed by atoms with E-state index in [1.165, 1.54) is 16.5 Å². The van der Waals surface area contributed by atoms with Crippen LogP contribution in [0, 0.1) is 6.92 Å². The van der Waals surface area contributed by atoms with Crippen LogP contribution in [0.25, 0.3) is 10.9 Å². The topological polar surface area (TPSA) is 40.2 Å². The summed E-state index contributed by atoms with van der Waals surface area (Å²) in [6.07, 6.45) is 2.12. The number of hydrogen-bond acceptors (Lipinski definition) is 2. The van der Waals surface area contributed by atoms with Crippen molar-refractivity contribution in [3.8, 4) is 5.75 Å². The monoisotopic (exact) mass is 280 g/mol. The summed E-state index contributed by atoms with van der Waals surface area (Å²) in [5.41, 5.74) is 10.3. The van der Waals surface area contributed by atoms with Gasteiger partial charge in [-0.05, 0) is 49.7 Å². The Hall–Kier alpha value is -2.42. The molecule has 108 valence electrons. The average molecular weight is 280 g/mol. The number of benzene rings is 2. The van der Waals surface area contributed by atoms with Crippen molar-refractivity contribution >= 4 is 16.6 Å². The third kappa shape index (κ3) is 2.59. The zero-order valence-corrected chi connectivity index (χ0v) is 12.5. The normalized spacial score (nSPS) is 11.0. The number of nitrogen functional groups attached to an aromatic ring is 1. The number of nitrogens with two attached hydrogens (primary N) is 1. The maximum absolute atomic E-state index is 5.92. The standard InChI is InChI=1S/C18H20N2O/c1-3-21-18-8-7-15(19)11-14(18)12-20-10-9-16-13(2)5-4-6-17(16)20/h4-11H,3,12,19H2,1-2H3. The van der Waals surface area contributed by atoms with E-state index in [9.17, 15) is 0 Å². The van der Waals surface area contributed by atoms with Crippen molar-refractivity contribution in [3.05, 3.63) is 59.8 Å². The Bertz CT molecular complexity index is 774. The number of fused-ring (bicyclic) bond motifs is 1. The maximum Gasteiger partial charge on any atom is 0.124 e. The van der Waals surface area contributed by atoms with Gasteiger partial charge in [-0.3, -0.25) is 0 Å². The molecule has 3 aromatic rings. The van der Waals surface area contributed by atoms with E-state index >= 15 is 0 Å². The van der Waals surface area contributed by atoms with E-state index in [2.05, 4.69) is 42.0 Å². The summed E-state index contributed by atoms with van der Waals surface area (Å²) in [6, 6.07) is 14.4. The van der Waals surface area contributed by atoms with Gasteiger partial charge in [0.1, 0.15) is 5.75 Å². The van der Waals surface area contributed by atoms with Gasteiger partial charge in [-0.1, -0.05) is 12.1 Å². The number of aromatic nitrogens is 1. The van der Waals surface area contributed by atoms with Crippen molar-refractivity contribution in [2.24, 2.45) is 0 Å². The largest absolute Gasteiger partial charge is 0.494 e. The molecule has 2 N–H and O–H groups in total. The number of hydrogen-bond donors (Lipinski definition) is 1. The highest BCUT2D eigenvalue weighted by Gasteiger charge is 2.08. The number of aryl methyl sites for hydroxylation is 1. The van der Waals surface area contributed by atoms with Gasteiger partial charge < -0.3 is 15.0 Å². The Morgan fingerprint density at radius 2 is 2.00 bits per heavy atom. The van der Waals surface area contributed by atoms with E-state index in [4.69, 9.17) is 10.5 Å². The predicted molar refractivity (Wildman–Crippen MR) is 87.8 cm³/mol. The molecule has 0 saturated heterocycles. The third-order valence-corrected chi connectivity index (χ3v) is 3.76. The van der Waals surface area contributed by atoms with Crippen molar-refractivity contribution in [3.63, 3.8) is 0 Å². The molecule has 0 fully saturated rings. The second-order valence-corrected chi connectivity index (χ2v) is 5.25. The zero-order chi connectivity index (χ0) is 14.8. The van der Waals surface area contributed by atoms with Gasteiger partial charge in [0.05, 0.1) is 13.2 Å². The molecular weight excluding hydrogens is 260 g/mol. The molecule has 0 unspecified atom stereocenters. The van der Waals surface area contributed by atoms with Crippen LogP contribution in [-0.2, 0) is 6.54 Å². The van der Waals surface area contributed by atoms with Crippen molar-refractivity contribution in [1.82, 2.24) is 4.57 Å². The summed E-state index contributed by atoms with van der Waals surface area (Å²) in [5.74, 6) is 0.904. The van der Waals surface area contributed by atoms with Crippen LogP contribution in [0.1, 0.15) is 18.1 Å². The number of anilines is 1. The maximum atomic E-state index is 5.92. The first-order valence-electron chi connectivity index (χ1n) is 7.24. The van der Waals surface area contributed by atoms with Crippen molar-refractivity contribution in [1.29, 1.82) is 0 Å². The van der Waals surface area contributed by atoms with Gasteiger partial charge in [-0.2, -0.15) is 0 Å². The molecule has 0 saturated carbocycles. The molecule has 0 aliphatic rings. The lowest BCUT2D eigenvalue weighted by molar-refractivity contribution is 0.336. The second-order valence-electron chi connectivity index (χ2n) is 5.25. The van der Waals surface area contributed by atoms with Crippen LogP contribution in [0.5, 0.6) is 5.75 Å². The van der Waals surface area contributed by atoms with Gasteiger partial charge in [-0.25, -0.2) is 0 Å². The molecule has 0 bridgehead atoms. The van der Waals surface area contributed by atoms with Crippen LogP contribution in [0.4, 0.5) is 5.69 Å². The minimum absolute atomic E-state index is 0.655. The first-order chi connectivity index (χ1) is 10.2. The molecule has 0 radical (unpaired) electrons. The molecule has 1 heterocycles. The fourth-order valence-electron chi connectivity index (χ4n) is 2.72. The molecule has 2 aromatic carbocycles. The van der Waals surface area contributed by atoms with E-state index in [-0.39, 0.29) is 0 Å². The minimum Gasteiger partial charge on any atom is -0.494 e. The average Bonchev–Trinajstić information content (AvgIpc) is 2.87. The van der Waals surface area contributed by atoms with Gasteiger partial charge >= 0.3 is 0 Å². The summed E-state index contributed by atoms with van der Waals surface area (Å²) < 4.78 is 7.94. The lowest BCUT2D eigenvalue weighted by atomic mass is 10.1. The van der Waals surface area contributed by atoms with Gasteiger partial charge in [0.15, 0.2) is 0 Å². The lowest BCUT2D eigenvalue weighted by Crippen LogP contribution is -2.03. The predicted octanol–water partition coefficient (Wildman–Crippen LogP) is 3.98. The zero-order valence-electron chi connectivity index (χ0n) is 12.5. The van der Waals surface area contributed by atoms with Crippen LogP contribution in [-0.4, -0.2) is 11.2 Å². The van der Waals surface area contributed by atoms with Gasteiger partial charge in [0.25, 0.3) is 0 Å². The van der Waals surface area contributed by atoms with E-state index < -0.39 is 0 Å². The third-order valence-electron chi connectivity index (χ3n) is 3.76. The Kier molecular flexibility index (Phi) is 3.57. The van der Waals surface area contributed by atoms with Crippen LogP contribution in [0.2, 0.25) is 0 Å². The molecular formula is C18H20N2O. The smallest absolute Gasteiger partial charge is 0.124 e. The number of ether oxygens (including phenoxy) is 1.